The molecule has 0 aliphatic carbocycles. The molecule has 4 N–H and O–H groups in total. The van der Waals surface area contributed by atoms with Crippen molar-refractivity contribution in [1.82, 2.24) is 10.2 Å². The molecule has 2 aromatic carbocycles. The fraction of sp³-hybridized carbons (Fsp3) is 0.182. The van der Waals surface area contributed by atoms with Crippen LogP contribution >= 0.6 is 0 Å². The summed E-state index contributed by atoms with van der Waals surface area (Å²) in [5.41, 5.74) is 0.654. The van der Waals surface area contributed by atoms with Gasteiger partial charge in [-0.15, -0.1) is 0 Å². The van der Waals surface area contributed by atoms with Crippen LogP contribution in [0.1, 0.15) is 43.9 Å². The first-order valence-electron chi connectivity index (χ1n) is 9.98. The van der Waals surface area contributed by atoms with E-state index in [4.69, 9.17) is 5.11 Å². The summed E-state index contributed by atoms with van der Waals surface area (Å²) >= 11 is 0. The number of rotatable bonds is 6. The highest BCUT2D eigenvalue weighted by atomic mass is 16.4. The van der Waals surface area contributed by atoms with Crippen LogP contribution in [0.5, 0.6) is 0 Å². The topological polar surface area (TPSA) is 162 Å². The first-order valence-corrected chi connectivity index (χ1v) is 9.98. The smallest absolute Gasteiger partial charge is 0.335 e. The molecule has 0 bridgehead atoms. The molecular formula is C22H18N4O7. The molecule has 4 rings (SSSR count). The molecule has 1 fully saturated rings. The predicted octanol–water partition coefficient (Wildman–Crippen LogP) is 0.837. The van der Waals surface area contributed by atoms with Gasteiger partial charge in [0, 0.05) is 17.8 Å². The number of imide groups is 2. The van der Waals surface area contributed by atoms with Gasteiger partial charge in [-0.1, -0.05) is 12.1 Å². The Kier molecular flexibility index (Phi) is 5.61. The quantitative estimate of drug-likeness (QED) is 0.471. The first-order chi connectivity index (χ1) is 15.8. The van der Waals surface area contributed by atoms with Crippen LogP contribution in [0.3, 0.4) is 0 Å². The minimum atomic E-state index is -1.13. The Morgan fingerprint density at radius 2 is 1.82 bits per heavy atom. The lowest BCUT2D eigenvalue weighted by Gasteiger charge is -2.27. The number of anilines is 2. The van der Waals surface area contributed by atoms with E-state index in [1.807, 2.05) is 0 Å². The maximum absolute atomic E-state index is 13.0. The van der Waals surface area contributed by atoms with Crippen LogP contribution < -0.4 is 16.0 Å². The molecule has 5 amide bonds. The zero-order valence-corrected chi connectivity index (χ0v) is 17.1. The molecule has 2 heterocycles. The van der Waals surface area contributed by atoms with Crippen molar-refractivity contribution in [2.24, 2.45) is 0 Å². The summed E-state index contributed by atoms with van der Waals surface area (Å²) in [4.78, 5) is 73.7. The molecule has 33 heavy (non-hydrogen) atoms. The summed E-state index contributed by atoms with van der Waals surface area (Å²) in [5.74, 6) is -4.15. The number of carbonyl (C=O) groups is 6. The number of benzene rings is 2. The number of carboxylic acids is 1. The second kappa shape index (κ2) is 8.54. The van der Waals surface area contributed by atoms with Gasteiger partial charge >= 0.3 is 5.97 Å². The van der Waals surface area contributed by atoms with Crippen molar-refractivity contribution < 1.29 is 33.9 Å². The van der Waals surface area contributed by atoms with E-state index < -0.39 is 41.5 Å². The molecule has 168 valence electrons. The summed E-state index contributed by atoms with van der Waals surface area (Å²) in [6.07, 6.45) is 0.0505. The normalized spacial score (nSPS) is 17.5. The monoisotopic (exact) mass is 450 g/mol. The van der Waals surface area contributed by atoms with E-state index in [1.54, 1.807) is 0 Å². The van der Waals surface area contributed by atoms with E-state index in [0.29, 0.717) is 0 Å². The highest BCUT2D eigenvalue weighted by Crippen LogP contribution is 2.32. The number of nitrogens with zero attached hydrogens (tertiary/aromatic N) is 1. The fourth-order valence-corrected chi connectivity index (χ4v) is 3.77. The number of carboxylic acid groups (broad SMARTS) is 1. The van der Waals surface area contributed by atoms with Crippen LogP contribution in [0.4, 0.5) is 11.4 Å². The van der Waals surface area contributed by atoms with Gasteiger partial charge in [-0.3, -0.25) is 34.2 Å². The van der Waals surface area contributed by atoms with Gasteiger partial charge in [0.05, 0.1) is 23.2 Å². The van der Waals surface area contributed by atoms with Crippen LogP contribution in [0, 0.1) is 0 Å². The number of amides is 5. The van der Waals surface area contributed by atoms with E-state index >= 15 is 0 Å². The van der Waals surface area contributed by atoms with E-state index in [9.17, 15) is 28.8 Å². The third-order valence-corrected chi connectivity index (χ3v) is 5.30. The van der Waals surface area contributed by atoms with Crippen molar-refractivity contribution in [2.75, 3.05) is 17.2 Å². The van der Waals surface area contributed by atoms with Crippen molar-refractivity contribution in [2.45, 2.75) is 18.9 Å². The number of fused-ring (bicyclic) bond motifs is 1. The summed E-state index contributed by atoms with van der Waals surface area (Å²) < 4.78 is 0. The lowest BCUT2D eigenvalue weighted by atomic mass is 10.0. The van der Waals surface area contributed by atoms with Gasteiger partial charge in [0.25, 0.3) is 11.8 Å². The largest absolute Gasteiger partial charge is 0.478 e. The first kappa shape index (κ1) is 21.7. The Hall–Kier alpha value is -4.54. The number of hydrogen-bond acceptors (Lipinski definition) is 7. The van der Waals surface area contributed by atoms with E-state index in [-0.39, 0.29) is 47.5 Å². The molecule has 11 nitrogen and oxygen atoms in total. The van der Waals surface area contributed by atoms with Crippen molar-refractivity contribution >= 4 is 46.9 Å². The Morgan fingerprint density at radius 3 is 2.55 bits per heavy atom. The van der Waals surface area contributed by atoms with Crippen LogP contribution in [-0.4, -0.2) is 58.1 Å². The summed E-state index contributed by atoms with van der Waals surface area (Å²) in [6.45, 7) is -0.270. The van der Waals surface area contributed by atoms with Gasteiger partial charge in [-0.25, -0.2) is 4.79 Å². The second-order valence-electron chi connectivity index (χ2n) is 7.46. The molecule has 0 spiro atoms. The average molecular weight is 450 g/mol. The Balaban J connectivity index is 1.48. The molecule has 2 aromatic rings. The fourth-order valence-electron chi connectivity index (χ4n) is 3.77. The molecular weight excluding hydrogens is 432 g/mol. The summed E-state index contributed by atoms with van der Waals surface area (Å²) in [7, 11) is 0. The summed E-state index contributed by atoms with van der Waals surface area (Å²) in [5, 5.41) is 16.5. The Bertz CT molecular complexity index is 1220. The van der Waals surface area contributed by atoms with Crippen molar-refractivity contribution in [3.8, 4) is 0 Å². The average Bonchev–Trinajstić information content (AvgIpc) is 3.03. The molecule has 2 aliphatic heterocycles. The summed E-state index contributed by atoms with van der Waals surface area (Å²) in [6, 6.07) is 9.14. The van der Waals surface area contributed by atoms with Gasteiger partial charge in [0.1, 0.15) is 6.04 Å². The molecule has 1 saturated heterocycles. The van der Waals surface area contributed by atoms with Crippen LogP contribution in [0.15, 0.2) is 42.5 Å². The SMILES string of the molecule is O=C1CCC(N2C(=O)c3cccc(NCC(=O)Nc4cccc(C(=O)O)c4)c3C2=O)C(=O)N1. The van der Waals surface area contributed by atoms with Gasteiger partial charge in [0.15, 0.2) is 0 Å². The molecule has 0 radical (unpaired) electrons. The molecule has 1 unspecified atom stereocenters. The van der Waals surface area contributed by atoms with Crippen molar-refractivity contribution in [3.63, 3.8) is 0 Å². The van der Waals surface area contributed by atoms with E-state index in [0.717, 1.165) is 4.90 Å². The van der Waals surface area contributed by atoms with E-state index in [2.05, 4.69) is 16.0 Å². The Morgan fingerprint density at radius 1 is 1.06 bits per heavy atom. The highest BCUT2D eigenvalue weighted by Gasteiger charge is 2.45. The minimum absolute atomic E-state index is 0.0121. The van der Waals surface area contributed by atoms with Gasteiger partial charge in [0.2, 0.25) is 17.7 Å². The molecule has 0 saturated carbocycles. The van der Waals surface area contributed by atoms with E-state index in [1.165, 1.54) is 42.5 Å². The van der Waals surface area contributed by atoms with Crippen LogP contribution in [0.2, 0.25) is 0 Å². The third-order valence-electron chi connectivity index (χ3n) is 5.30. The molecule has 2 aliphatic rings. The number of carbonyl (C=O) groups excluding carboxylic acids is 5. The number of nitrogens with one attached hydrogen (secondary N) is 3. The number of piperidine rings is 1. The number of aromatic carboxylic acids is 1. The predicted molar refractivity (Wildman–Crippen MR) is 114 cm³/mol. The Labute approximate surface area is 186 Å². The molecule has 1 atom stereocenters. The lowest BCUT2D eigenvalue weighted by molar-refractivity contribution is -0.136. The maximum Gasteiger partial charge on any atom is 0.335 e. The van der Waals surface area contributed by atoms with Gasteiger partial charge in [-0.2, -0.15) is 0 Å². The third kappa shape index (κ3) is 4.15. The maximum atomic E-state index is 13.0. The van der Waals surface area contributed by atoms with Crippen LogP contribution in [-0.2, 0) is 14.4 Å². The van der Waals surface area contributed by atoms with Crippen LogP contribution in [0.25, 0.3) is 0 Å². The molecule has 11 heteroatoms. The van der Waals surface area contributed by atoms with Gasteiger partial charge < -0.3 is 15.7 Å². The van der Waals surface area contributed by atoms with Crippen molar-refractivity contribution in [3.05, 3.63) is 59.2 Å². The standard InChI is InChI=1S/C22H18N4O7/c27-16-8-7-15(19(29)25-16)26-20(30)13-5-2-6-14(18(13)21(26)31)23-10-17(28)24-12-4-1-3-11(9-12)22(32)33/h1-6,9,15,23H,7-8,10H2,(H,24,28)(H,32,33)(H,25,27,29). The second-order valence-corrected chi connectivity index (χ2v) is 7.46. The molecule has 0 aromatic heterocycles. The zero-order valence-electron chi connectivity index (χ0n) is 17.1. The van der Waals surface area contributed by atoms with Gasteiger partial charge in [-0.05, 0) is 36.8 Å². The lowest BCUT2D eigenvalue weighted by Crippen LogP contribution is -2.54. The minimum Gasteiger partial charge on any atom is -0.478 e. The highest BCUT2D eigenvalue weighted by molar-refractivity contribution is 6.25. The zero-order chi connectivity index (χ0) is 23.7. The number of hydrogen-bond donors (Lipinski definition) is 4. The van der Waals surface area contributed by atoms with Crippen molar-refractivity contribution in [1.29, 1.82) is 0 Å².